The quantitative estimate of drug-likeness (QED) is 0.754. The maximum absolute atomic E-state index is 13.3. The van der Waals surface area contributed by atoms with E-state index in [1.807, 2.05) is 30.3 Å². The van der Waals surface area contributed by atoms with Gasteiger partial charge in [0, 0.05) is 29.9 Å². The number of benzene rings is 2. The number of carbonyl (C=O) groups is 1. The number of hydrogen-bond acceptors (Lipinski definition) is 5. The number of anilines is 2. The average Bonchev–Trinajstić information content (AvgIpc) is 2.75. The molecular formula is C21H19FN4O2. The van der Waals surface area contributed by atoms with Gasteiger partial charge in [0.2, 0.25) is 0 Å². The van der Waals surface area contributed by atoms with Crippen LogP contribution in [0.4, 0.5) is 15.9 Å². The first kappa shape index (κ1) is 18.1. The van der Waals surface area contributed by atoms with Crippen LogP contribution in [0, 0.1) is 5.82 Å². The van der Waals surface area contributed by atoms with Crippen LogP contribution >= 0.6 is 0 Å². The van der Waals surface area contributed by atoms with Gasteiger partial charge in [0.05, 0.1) is 18.9 Å². The molecule has 1 aliphatic rings. The van der Waals surface area contributed by atoms with E-state index < -0.39 is 5.82 Å². The first-order valence-electron chi connectivity index (χ1n) is 9.03. The van der Waals surface area contributed by atoms with Crippen LogP contribution in [-0.4, -0.2) is 42.4 Å². The van der Waals surface area contributed by atoms with Crippen LogP contribution in [0.1, 0.15) is 10.4 Å². The molecule has 0 unspecified atom stereocenters. The molecule has 0 saturated carbocycles. The van der Waals surface area contributed by atoms with Crippen molar-refractivity contribution in [2.75, 3.05) is 36.5 Å². The molecule has 1 N–H and O–H groups in total. The zero-order valence-corrected chi connectivity index (χ0v) is 15.1. The van der Waals surface area contributed by atoms with Gasteiger partial charge in [-0.05, 0) is 42.5 Å². The number of rotatable bonds is 4. The summed E-state index contributed by atoms with van der Waals surface area (Å²) in [5, 5.41) is 11.4. The molecule has 4 rings (SSSR count). The molecule has 1 aliphatic heterocycles. The molecule has 7 heteroatoms. The van der Waals surface area contributed by atoms with E-state index in [-0.39, 0.29) is 11.5 Å². The summed E-state index contributed by atoms with van der Waals surface area (Å²) in [6.07, 6.45) is 0. The van der Waals surface area contributed by atoms with E-state index >= 15 is 0 Å². The standard InChI is InChI=1S/C21H19FN4O2/c22-17-5-1-4-16(13-17)21(27)23-18-6-2-3-15(14-18)19-7-8-20(25-24-19)26-9-11-28-12-10-26/h1-8,13-14H,9-12H2,(H,23,27). The monoisotopic (exact) mass is 378 g/mol. The minimum atomic E-state index is -0.447. The van der Waals surface area contributed by atoms with Crippen molar-refractivity contribution in [3.63, 3.8) is 0 Å². The number of carbonyl (C=O) groups excluding carboxylic acids is 1. The van der Waals surface area contributed by atoms with E-state index in [4.69, 9.17) is 4.74 Å². The predicted molar refractivity (Wildman–Crippen MR) is 105 cm³/mol. The van der Waals surface area contributed by atoms with Crippen molar-refractivity contribution < 1.29 is 13.9 Å². The molecule has 6 nitrogen and oxygen atoms in total. The summed E-state index contributed by atoms with van der Waals surface area (Å²) in [6.45, 7) is 2.98. The smallest absolute Gasteiger partial charge is 0.255 e. The lowest BCUT2D eigenvalue weighted by Gasteiger charge is -2.27. The topological polar surface area (TPSA) is 67.4 Å². The van der Waals surface area contributed by atoms with Crippen LogP contribution in [0.3, 0.4) is 0 Å². The van der Waals surface area contributed by atoms with Gasteiger partial charge in [-0.3, -0.25) is 4.79 Å². The summed E-state index contributed by atoms with van der Waals surface area (Å²) in [5.41, 5.74) is 2.41. The Morgan fingerprint density at radius 3 is 2.57 bits per heavy atom. The summed E-state index contributed by atoms with van der Waals surface area (Å²) >= 11 is 0. The summed E-state index contributed by atoms with van der Waals surface area (Å²) < 4.78 is 18.7. The van der Waals surface area contributed by atoms with Gasteiger partial charge >= 0.3 is 0 Å². The predicted octanol–water partition coefficient (Wildman–Crippen LogP) is 3.37. The van der Waals surface area contributed by atoms with Crippen LogP contribution in [0.25, 0.3) is 11.3 Å². The van der Waals surface area contributed by atoms with Gasteiger partial charge in [0.1, 0.15) is 5.82 Å². The Bertz CT molecular complexity index is 972. The van der Waals surface area contributed by atoms with Crippen molar-refractivity contribution in [2.24, 2.45) is 0 Å². The highest BCUT2D eigenvalue weighted by atomic mass is 19.1. The zero-order chi connectivity index (χ0) is 19.3. The van der Waals surface area contributed by atoms with Crippen LogP contribution in [0.5, 0.6) is 0 Å². The second-order valence-electron chi connectivity index (χ2n) is 6.42. The van der Waals surface area contributed by atoms with Gasteiger partial charge in [0.15, 0.2) is 5.82 Å². The summed E-state index contributed by atoms with van der Waals surface area (Å²) in [4.78, 5) is 14.4. The van der Waals surface area contributed by atoms with E-state index in [1.54, 1.807) is 12.1 Å². The molecule has 1 aromatic heterocycles. The van der Waals surface area contributed by atoms with E-state index in [1.165, 1.54) is 18.2 Å². The molecule has 142 valence electrons. The second kappa shape index (κ2) is 8.14. The van der Waals surface area contributed by atoms with E-state index in [2.05, 4.69) is 20.4 Å². The second-order valence-corrected chi connectivity index (χ2v) is 6.42. The van der Waals surface area contributed by atoms with Crippen LogP contribution in [-0.2, 0) is 4.74 Å². The Hall–Kier alpha value is -3.32. The molecule has 0 aliphatic carbocycles. The molecule has 1 amide bonds. The zero-order valence-electron chi connectivity index (χ0n) is 15.1. The number of nitrogens with zero attached hydrogens (tertiary/aromatic N) is 3. The Labute approximate surface area is 162 Å². The van der Waals surface area contributed by atoms with Gasteiger partial charge in [-0.25, -0.2) is 4.39 Å². The fraction of sp³-hybridized carbons (Fsp3) is 0.190. The number of amides is 1. The highest BCUT2D eigenvalue weighted by Crippen LogP contribution is 2.22. The van der Waals surface area contributed by atoms with Crippen LogP contribution in [0.15, 0.2) is 60.7 Å². The lowest BCUT2D eigenvalue weighted by molar-refractivity contribution is 0.102. The van der Waals surface area contributed by atoms with Crippen molar-refractivity contribution in [1.29, 1.82) is 0 Å². The molecule has 1 fully saturated rings. The summed E-state index contributed by atoms with van der Waals surface area (Å²) in [7, 11) is 0. The van der Waals surface area contributed by atoms with Gasteiger partial charge in [0.25, 0.3) is 5.91 Å². The van der Waals surface area contributed by atoms with Crippen LogP contribution < -0.4 is 10.2 Å². The first-order chi connectivity index (χ1) is 13.7. The number of nitrogens with one attached hydrogen (secondary N) is 1. The molecule has 0 atom stereocenters. The van der Waals surface area contributed by atoms with Gasteiger partial charge in [-0.1, -0.05) is 18.2 Å². The molecule has 2 heterocycles. The summed E-state index contributed by atoms with van der Waals surface area (Å²) in [5.74, 6) is 0.00467. The van der Waals surface area contributed by atoms with Gasteiger partial charge < -0.3 is 15.0 Å². The minimum absolute atomic E-state index is 0.264. The number of aromatic nitrogens is 2. The Kier molecular flexibility index (Phi) is 5.25. The minimum Gasteiger partial charge on any atom is -0.378 e. The highest BCUT2D eigenvalue weighted by Gasteiger charge is 2.13. The Balaban J connectivity index is 1.49. The SMILES string of the molecule is O=C(Nc1cccc(-c2ccc(N3CCOCC3)nn2)c1)c1cccc(F)c1. The number of ether oxygens (including phenoxy) is 1. The molecule has 2 aromatic carbocycles. The van der Waals surface area contributed by atoms with Crippen molar-refractivity contribution in [2.45, 2.75) is 0 Å². The lowest BCUT2D eigenvalue weighted by atomic mass is 10.1. The van der Waals surface area contributed by atoms with E-state index in [0.29, 0.717) is 24.6 Å². The first-order valence-corrected chi connectivity index (χ1v) is 9.03. The molecule has 3 aromatic rings. The van der Waals surface area contributed by atoms with Crippen molar-refractivity contribution in [3.8, 4) is 11.3 Å². The maximum atomic E-state index is 13.3. The average molecular weight is 378 g/mol. The molecular weight excluding hydrogens is 359 g/mol. The fourth-order valence-electron chi connectivity index (χ4n) is 3.03. The third kappa shape index (κ3) is 4.15. The van der Waals surface area contributed by atoms with Gasteiger partial charge in [-0.15, -0.1) is 10.2 Å². The van der Waals surface area contributed by atoms with Crippen molar-refractivity contribution in [3.05, 3.63) is 72.0 Å². The summed E-state index contributed by atoms with van der Waals surface area (Å²) in [6, 6.07) is 16.7. The normalized spacial score (nSPS) is 14.0. The maximum Gasteiger partial charge on any atom is 0.255 e. The molecule has 28 heavy (non-hydrogen) atoms. The largest absolute Gasteiger partial charge is 0.378 e. The Morgan fingerprint density at radius 1 is 1.00 bits per heavy atom. The van der Waals surface area contributed by atoms with Gasteiger partial charge in [-0.2, -0.15) is 0 Å². The molecule has 0 bridgehead atoms. The van der Waals surface area contributed by atoms with E-state index in [9.17, 15) is 9.18 Å². The Morgan fingerprint density at radius 2 is 1.82 bits per heavy atom. The van der Waals surface area contributed by atoms with Crippen molar-refractivity contribution >= 4 is 17.4 Å². The number of morpholine rings is 1. The third-order valence-electron chi connectivity index (χ3n) is 4.49. The third-order valence-corrected chi connectivity index (χ3v) is 4.49. The molecule has 1 saturated heterocycles. The molecule has 0 spiro atoms. The molecule has 0 radical (unpaired) electrons. The van der Waals surface area contributed by atoms with Crippen LogP contribution in [0.2, 0.25) is 0 Å². The number of hydrogen-bond donors (Lipinski definition) is 1. The van der Waals surface area contributed by atoms with Crippen molar-refractivity contribution in [1.82, 2.24) is 10.2 Å². The number of halogens is 1. The lowest BCUT2D eigenvalue weighted by Crippen LogP contribution is -2.36. The highest BCUT2D eigenvalue weighted by molar-refractivity contribution is 6.04. The van der Waals surface area contributed by atoms with E-state index in [0.717, 1.165) is 24.5 Å². The fourth-order valence-corrected chi connectivity index (χ4v) is 3.03.